The van der Waals surface area contributed by atoms with Crippen molar-refractivity contribution in [2.45, 2.75) is 43.3 Å². The number of aromatic nitrogens is 1. The number of piperidine rings is 1. The molecule has 0 spiro atoms. The highest BCUT2D eigenvalue weighted by Crippen LogP contribution is 2.26. The zero-order valence-electron chi connectivity index (χ0n) is 16.7. The highest BCUT2D eigenvalue weighted by Gasteiger charge is 2.32. The molecule has 0 radical (unpaired) electrons. The highest BCUT2D eigenvalue weighted by molar-refractivity contribution is 7.89. The van der Waals surface area contributed by atoms with Crippen molar-refractivity contribution < 1.29 is 8.42 Å². The average Bonchev–Trinajstić information content (AvgIpc) is 3.24. The Morgan fingerprint density at radius 2 is 1.90 bits per heavy atom. The Balaban J connectivity index is 1.24. The lowest BCUT2D eigenvalue weighted by Crippen LogP contribution is -2.49. The molecule has 2 aromatic rings. The molecular formula is C21H29N5O2S. The van der Waals surface area contributed by atoms with E-state index in [2.05, 4.69) is 31.5 Å². The Kier molecular flexibility index (Phi) is 6.26. The number of nitrogens with zero attached hydrogens (tertiary/aromatic N) is 2. The van der Waals surface area contributed by atoms with Gasteiger partial charge in [-0.2, -0.15) is 0 Å². The second kappa shape index (κ2) is 8.89. The number of hydrogen-bond donors (Lipinski definition) is 3. The summed E-state index contributed by atoms with van der Waals surface area (Å²) in [6.07, 6.45) is 6.98. The Bertz CT molecular complexity index is 896. The second-order valence-corrected chi connectivity index (χ2v) is 9.79. The summed E-state index contributed by atoms with van der Waals surface area (Å²) in [6, 6.07) is 11.3. The van der Waals surface area contributed by atoms with Crippen molar-refractivity contribution in [3.8, 4) is 0 Å². The van der Waals surface area contributed by atoms with Crippen LogP contribution in [0.25, 0.3) is 0 Å². The molecule has 7 nitrogen and oxygen atoms in total. The van der Waals surface area contributed by atoms with Crippen molar-refractivity contribution in [3.63, 3.8) is 0 Å². The molecule has 0 bridgehead atoms. The lowest BCUT2D eigenvalue weighted by molar-refractivity contribution is 0.120. The average molecular weight is 416 g/mol. The van der Waals surface area contributed by atoms with Gasteiger partial charge < -0.3 is 0 Å². The van der Waals surface area contributed by atoms with Gasteiger partial charge in [-0.1, -0.05) is 23.8 Å². The molecule has 1 aromatic carbocycles. The molecular weight excluding hydrogens is 386 g/mol. The number of rotatable bonds is 6. The van der Waals surface area contributed by atoms with Gasteiger partial charge in [0.15, 0.2) is 0 Å². The van der Waals surface area contributed by atoms with E-state index >= 15 is 0 Å². The number of nitrogens with one attached hydrogen (secondary N) is 3. The van der Waals surface area contributed by atoms with Crippen molar-refractivity contribution in [1.29, 1.82) is 0 Å². The molecule has 156 valence electrons. The first kappa shape index (κ1) is 20.4. The third kappa shape index (κ3) is 5.02. The number of hydrazine groups is 1. The fourth-order valence-electron chi connectivity index (χ4n) is 4.08. The lowest BCUT2D eigenvalue weighted by Gasteiger charge is -2.35. The van der Waals surface area contributed by atoms with E-state index in [4.69, 9.17) is 0 Å². The molecule has 2 aliphatic rings. The number of likely N-dealkylation sites (tertiary alicyclic amines) is 1. The molecule has 29 heavy (non-hydrogen) atoms. The van der Waals surface area contributed by atoms with Crippen molar-refractivity contribution >= 4 is 10.0 Å². The van der Waals surface area contributed by atoms with Gasteiger partial charge in [-0.25, -0.2) is 24.0 Å². The number of benzene rings is 1. The first-order valence-electron chi connectivity index (χ1n) is 10.2. The summed E-state index contributed by atoms with van der Waals surface area (Å²) >= 11 is 0. The van der Waals surface area contributed by atoms with Gasteiger partial charge in [0.1, 0.15) is 0 Å². The van der Waals surface area contributed by atoms with Crippen LogP contribution in [0.15, 0.2) is 53.7 Å². The number of sulfonamides is 1. The normalized spacial score (nSPS) is 24.0. The fourth-order valence-corrected chi connectivity index (χ4v) is 5.19. The zero-order chi connectivity index (χ0) is 20.3. The summed E-state index contributed by atoms with van der Waals surface area (Å²) in [5.41, 5.74) is 9.03. The van der Waals surface area contributed by atoms with Crippen LogP contribution in [0.3, 0.4) is 0 Å². The molecule has 2 fully saturated rings. The summed E-state index contributed by atoms with van der Waals surface area (Å²) in [5.74, 6) is 0.370. The van der Waals surface area contributed by atoms with E-state index in [1.165, 1.54) is 5.56 Å². The summed E-state index contributed by atoms with van der Waals surface area (Å²) in [4.78, 5) is 6.99. The minimum atomic E-state index is -3.44. The van der Waals surface area contributed by atoms with Crippen molar-refractivity contribution in [2.75, 3.05) is 19.6 Å². The summed E-state index contributed by atoms with van der Waals surface area (Å²) in [5, 5.41) is 0. The third-order valence-electron chi connectivity index (χ3n) is 5.95. The molecule has 8 heteroatoms. The maximum absolute atomic E-state index is 12.5. The van der Waals surface area contributed by atoms with E-state index in [-0.39, 0.29) is 6.04 Å². The largest absolute Gasteiger partial charge is 0.287 e. The smallest absolute Gasteiger partial charge is 0.240 e. The van der Waals surface area contributed by atoms with Gasteiger partial charge in [0, 0.05) is 18.9 Å². The first-order valence-corrected chi connectivity index (χ1v) is 11.7. The molecule has 3 heterocycles. The minimum absolute atomic E-state index is 0.271. The topological polar surface area (TPSA) is 86.4 Å². The van der Waals surface area contributed by atoms with Crippen LogP contribution in [-0.2, 0) is 10.0 Å². The molecule has 4 rings (SSSR count). The Morgan fingerprint density at radius 1 is 1.14 bits per heavy atom. The van der Waals surface area contributed by atoms with Crippen LogP contribution >= 0.6 is 0 Å². The maximum atomic E-state index is 12.5. The summed E-state index contributed by atoms with van der Waals surface area (Å²) in [6.45, 7) is 4.38. The van der Waals surface area contributed by atoms with Crippen LogP contribution in [-0.4, -0.2) is 44.1 Å². The van der Waals surface area contributed by atoms with Gasteiger partial charge in [0.25, 0.3) is 0 Å². The van der Waals surface area contributed by atoms with E-state index < -0.39 is 10.0 Å². The van der Waals surface area contributed by atoms with Gasteiger partial charge in [0.2, 0.25) is 10.0 Å². The fraction of sp³-hybridized carbons (Fsp3) is 0.476. The Hall–Kier alpha value is -1.84. The molecule has 0 amide bonds. The van der Waals surface area contributed by atoms with Crippen molar-refractivity contribution in [3.05, 3.63) is 59.9 Å². The SMILES string of the molecule is Cc1ccc(S(=O)(=O)NCC2CCN(C3CC(c4cccnc4)NN3)CC2)cc1. The van der Waals surface area contributed by atoms with Gasteiger partial charge in [-0.3, -0.25) is 9.88 Å². The van der Waals surface area contributed by atoms with E-state index in [0.717, 1.165) is 37.9 Å². The number of pyridine rings is 1. The molecule has 1 aromatic heterocycles. The van der Waals surface area contributed by atoms with Crippen LogP contribution < -0.4 is 15.6 Å². The van der Waals surface area contributed by atoms with E-state index in [9.17, 15) is 8.42 Å². The van der Waals surface area contributed by atoms with Crippen LogP contribution in [0.1, 0.15) is 36.4 Å². The quantitative estimate of drug-likeness (QED) is 0.669. The van der Waals surface area contributed by atoms with E-state index in [1.807, 2.05) is 31.3 Å². The van der Waals surface area contributed by atoms with Gasteiger partial charge in [-0.05, 0) is 69.0 Å². The first-order chi connectivity index (χ1) is 14.0. The van der Waals surface area contributed by atoms with Crippen LogP contribution in [0.5, 0.6) is 0 Å². The molecule has 3 N–H and O–H groups in total. The number of aryl methyl sites for hydroxylation is 1. The monoisotopic (exact) mass is 415 g/mol. The standard InChI is InChI=1S/C21H29N5O2S/c1-16-4-6-19(7-5-16)29(27,28)23-14-17-8-11-26(12-9-17)21-13-20(24-25-21)18-3-2-10-22-15-18/h2-7,10,15,17,20-21,23-25H,8-9,11-14H2,1H3. The Morgan fingerprint density at radius 3 is 2.59 bits per heavy atom. The predicted molar refractivity (Wildman–Crippen MR) is 112 cm³/mol. The van der Waals surface area contributed by atoms with Gasteiger partial charge in [0.05, 0.1) is 17.1 Å². The second-order valence-electron chi connectivity index (χ2n) is 8.02. The lowest BCUT2D eigenvalue weighted by atomic mass is 9.96. The van der Waals surface area contributed by atoms with Crippen LogP contribution in [0, 0.1) is 12.8 Å². The maximum Gasteiger partial charge on any atom is 0.240 e. The molecule has 0 aliphatic carbocycles. The van der Waals surface area contributed by atoms with Gasteiger partial charge in [-0.15, -0.1) is 0 Å². The van der Waals surface area contributed by atoms with Gasteiger partial charge >= 0.3 is 0 Å². The summed E-state index contributed by atoms with van der Waals surface area (Å²) < 4.78 is 27.8. The minimum Gasteiger partial charge on any atom is -0.287 e. The zero-order valence-corrected chi connectivity index (χ0v) is 17.5. The van der Waals surface area contributed by atoms with Crippen LogP contribution in [0.2, 0.25) is 0 Å². The van der Waals surface area contributed by atoms with Crippen molar-refractivity contribution in [2.24, 2.45) is 5.92 Å². The Labute approximate surface area is 172 Å². The van der Waals surface area contributed by atoms with E-state index in [0.29, 0.717) is 23.5 Å². The molecule has 0 saturated carbocycles. The molecule has 2 atom stereocenters. The molecule has 2 saturated heterocycles. The predicted octanol–water partition coefficient (Wildman–Crippen LogP) is 1.95. The van der Waals surface area contributed by atoms with Crippen LogP contribution in [0.4, 0.5) is 0 Å². The molecule has 2 aliphatic heterocycles. The highest BCUT2D eigenvalue weighted by atomic mass is 32.2. The molecule has 2 unspecified atom stereocenters. The summed E-state index contributed by atoms with van der Waals surface area (Å²) in [7, 11) is -3.44. The number of hydrogen-bond acceptors (Lipinski definition) is 6. The van der Waals surface area contributed by atoms with E-state index in [1.54, 1.807) is 18.3 Å². The van der Waals surface area contributed by atoms with Crippen molar-refractivity contribution in [1.82, 2.24) is 25.5 Å². The third-order valence-corrected chi connectivity index (χ3v) is 7.39.